The Hall–Kier alpha value is -4.22. The lowest BCUT2D eigenvalue weighted by atomic mass is 9.95. The van der Waals surface area contributed by atoms with Gasteiger partial charge in [0.05, 0.1) is 11.9 Å². The van der Waals surface area contributed by atoms with Crippen molar-refractivity contribution in [2.24, 2.45) is 0 Å². The van der Waals surface area contributed by atoms with Crippen molar-refractivity contribution in [2.45, 2.75) is 34.6 Å². The maximum Gasteiger partial charge on any atom is 0.131 e. The van der Waals surface area contributed by atoms with E-state index in [0.29, 0.717) is 28.1 Å². The maximum atomic E-state index is 14.4. The zero-order chi connectivity index (χ0) is 28.9. The first-order chi connectivity index (χ1) is 18.8. The topological polar surface area (TPSA) is 63.0 Å². The maximum absolute atomic E-state index is 14.4. The molecule has 0 aliphatic heterocycles. The van der Waals surface area contributed by atoms with Gasteiger partial charge in [0.25, 0.3) is 0 Å². The fraction of sp³-hybridized carbons (Fsp3) is 0.206. The number of hydrogen-bond acceptors (Lipinski definition) is 4. The molecule has 5 heteroatoms. The summed E-state index contributed by atoms with van der Waals surface area (Å²) in [5.41, 5.74) is 14.9. The van der Waals surface area contributed by atoms with Crippen LogP contribution in [0.4, 0.5) is 15.8 Å². The Morgan fingerprint density at radius 3 is 2.44 bits per heavy atom. The summed E-state index contributed by atoms with van der Waals surface area (Å²) in [7, 11) is 0. The Morgan fingerprint density at radius 1 is 1.08 bits per heavy atom. The number of halogens is 1. The van der Waals surface area contributed by atoms with Crippen LogP contribution >= 0.6 is 0 Å². The molecule has 3 aromatic rings. The lowest BCUT2D eigenvalue weighted by Gasteiger charge is -2.18. The number of likely N-dealkylation sites (N-methyl/N-ethyl adjacent to an activating group) is 1. The summed E-state index contributed by atoms with van der Waals surface area (Å²) in [6.45, 7) is 24.0. The average Bonchev–Trinajstić information content (AvgIpc) is 2.96. The first-order valence-electron chi connectivity index (χ1n) is 13.3. The minimum atomic E-state index is -0.295. The van der Waals surface area contributed by atoms with Gasteiger partial charge in [-0.15, -0.1) is 0 Å². The second kappa shape index (κ2) is 15.3. The van der Waals surface area contributed by atoms with E-state index in [2.05, 4.69) is 54.4 Å². The minimum Gasteiger partial charge on any atom is -0.398 e. The van der Waals surface area contributed by atoms with Crippen LogP contribution in [0, 0.1) is 12.7 Å². The van der Waals surface area contributed by atoms with Crippen molar-refractivity contribution in [1.29, 1.82) is 0 Å². The largest absolute Gasteiger partial charge is 0.398 e. The fourth-order valence-corrected chi connectivity index (χ4v) is 3.98. The van der Waals surface area contributed by atoms with Crippen molar-refractivity contribution in [3.63, 3.8) is 0 Å². The molecule has 0 spiro atoms. The molecule has 0 fully saturated rings. The summed E-state index contributed by atoms with van der Waals surface area (Å²) < 4.78 is 14.4. The highest BCUT2D eigenvalue weighted by Crippen LogP contribution is 2.33. The number of nitrogens with zero attached hydrogens (tertiary/aromatic N) is 1. The Kier molecular flexibility index (Phi) is 12.1. The molecule has 1 heterocycles. The van der Waals surface area contributed by atoms with E-state index in [0.717, 1.165) is 46.6 Å². The lowest BCUT2D eigenvalue weighted by molar-refractivity contribution is 0.631. The zero-order valence-corrected chi connectivity index (χ0v) is 23.9. The number of benzene rings is 2. The summed E-state index contributed by atoms with van der Waals surface area (Å²) in [5.74, 6) is -0.295. The molecule has 204 valence electrons. The van der Waals surface area contributed by atoms with E-state index in [9.17, 15) is 4.39 Å². The molecule has 4 nitrogen and oxygen atoms in total. The molecule has 39 heavy (non-hydrogen) atoms. The van der Waals surface area contributed by atoms with Gasteiger partial charge in [-0.1, -0.05) is 83.0 Å². The molecule has 0 atom stereocenters. The monoisotopic (exact) mass is 524 g/mol. The zero-order valence-electron chi connectivity index (χ0n) is 23.9. The SMILES string of the molecule is C=C/C(=C\C(=C/C)c1ccc(N)c(C(=C)C(=C)Nc2cncc(-c3ccccc3F)c2C)c1)CNCC.CC. The van der Waals surface area contributed by atoms with Gasteiger partial charge in [0, 0.05) is 40.8 Å². The lowest BCUT2D eigenvalue weighted by Crippen LogP contribution is -2.15. The summed E-state index contributed by atoms with van der Waals surface area (Å²) in [6.07, 6.45) is 9.40. The van der Waals surface area contributed by atoms with Gasteiger partial charge in [0.1, 0.15) is 5.82 Å². The molecule has 0 amide bonds. The van der Waals surface area contributed by atoms with E-state index in [1.807, 2.05) is 52.0 Å². The van der Waals surface area contributed by atoms with Crippen molar-refractivity contribution >= 4 is 22.5 Å². The second-order valence-corrected chi connectivity index (χ2v) is 8.67. The number of pyridine rings is 1. The van der Waals surface area contributed by atoms with Gasteiger partial charge in [0.15, 0.2) is 0 Å². The van der Waals surface area contributed by atoms with Crippen LogP contribution in [0.3, 0.4) is 0 Å². The molecular formula is C34H41FN4. The number of nitrogens with two attached hydrogens (primary N) is 1. The van der Waals surface area contributed by atoms with Crippen molar-refractivity contribution in [3.05, 3.63) is 127 Å². The van der Waals surface area contributed by atoms with Gasteiger partial charge >= 0.3 is 0 Å². The highest BCUT2D eigenvalue weighted by Gasteiger charge is 2.14. The van der Waals surface area contributed by atoms with Crippen molar-refractivity contribution in [1.82, 2.24) is 10.3 Å². The van der Waals surface area contributed by atoms with Gasteiger partial charge in [0.2, 0.25) is 0 Å². The Labute approximate surface area is 233 Å². The molecule has 1 aromatic heterocycles. The number of anilines is 2. The van der Waals surface area contributed by atoms with Crippen LogP contribution in [0.1, 0.15) is 44.4 Å². The first-order valence-corrected chi connectivity index (χ1v) is 13.3. The summed E-state index contributed by atoms with van der Waals surface area (Å²) in [6, 6.07) is 12.6. The predicted octanol–water partition coefficient (Wildman–Crippen LogP) is 8.57. The van der Waals surface area contributed by atoms with Crippen molar-refractivity contribution < 1.29 is 4.39 Å². The van der Waals surface area contributed by atoms with Crippen LogP contribution in [0.15, 0.2) is 104 Å². The van der Waals surface area contributed by atoms with E-state index >= 15 is 0 Å². The molecule has 0 aliphatic rings. The Morgan fingerprint density at radius 2 is 1.79 bits per heavy atom. The molecule has 0 radical (unpaired) electrons. The Bertz CT molecular complexity index is 1380. The molecule has 0 unspecified atom stereocenters. The van der Waals surface area contributed by atoms with Gasteiger partial charge in [-0.25, -0.2) is 4.39 Å². The summed E-state index contributed by atoms with van der Waals surface area (Å²) in [4.78, 5) is 4.32. The summed E-state index contributed by atoms with van der Waals surface area (Å²) >= 11 is 0. The number of nitrogens with one attached hydrogen (secondary N) is 2. The molecule has 0 saturated heterocycles. The molecule has 0 aliphatic carbocycles. The van der Waals surface area contributed by atoms with Crippen LogP contribution < -0.4 is 16.4 Å². The molecule has 0 bridgehead atoms. The van der Waals surface area contributed by atoms with Gasteiger partial charge in [-0.3, -0.25) is 4.98 Å². The molecule has 0 saturated carbocycles. The highest BCUT2D eigenvalue weighted by molar-refractivity contribution is 5.89. The van der Waals surface area contributed by atoms with Crippen LogP contribution in [0.5, 0.6) is 0 Å². The highest BCUT2D eigenvalue weighted by atomic mass is 19.1. The van der Waals surface area contributed by atoms with Crippen LogP contribution in [0.2, 0.25) is 0 Å². The van der Waals surface area contributed by atoms with Gasteiger partial charge in [-0.2, -0.15) is 0 Å². The van der Waals surface area contributed by atoms with Gasteiger partial charge in [-0.05, 0) is 66.4 Å². The predicted molar refractivity (Wildman–Crippen MR) is 169 cm³/mol. The minimum absolute atomic E-state index is 0.295. The van der Waals surface area contributed by atoms with E-state index in [1.165, 1.54) is 6.07 Å². The summed E-state index contributed by atoms with van der Waals surface area (Å²) in [5, 5.41) is 6.64. The number of allylic oxidation sites excluding steroid dienone is 4. The fourth-order valence-electron chi connectivity index (χ4n) is 3.98. The van der Waals surface area contributed by atoms with E-state index in [4.69, 9.17) is 5.73 Å². The number of hydrogen-bond donors (Lipinski definition) is 3. The third kappa shape index (κ3) is 7.88. The normalized spacial score (nSPS) is 11.3. The standard InChI is InChI=1S/C32H35FN4.C2H6/c1-7-24(18-35-9-3)16-25(8-2)26-14-15-31(34)28(17-26)21(4)23(6)37-32-20-36-19-29(22(32)5)27-12-10-11-13-30(27)33;1-2/h7-8,10-17,19-20,35,37H,1,4,6,9,18,34H2,2-3,5H3;1-2H3/b24-16+,25-8+;. The number of nitrogen functional groups attached to an aromatic ring is 1. The molecule has 2 aromatic carbocycles. The van der Waals surface area contributed by atoms with Crippen LogP contribution in [-0.4, -0.2) is 18.1 Å². The van der Waals surface area contributed by atoms with E-state index in [1.54, 1.807) is 30.6 Å². The van der Waals surface area contributed by atoms with E-state index in [-0.39, 0.29) is 5.82 Å². The van der Waals surface area contributed by atoms with Crippen molar-refractivity contribution in [2.75, 3.05) is 24.1 Å². The van der Waals surface area contributed by atoms with Crippen LogP contribution in [-0.2, 0) is 0 Å². The van der Waals surface area contributed by atoms with Crippen molar-refractivity contribution in [3.8, 4) is 11.1 Å². The van der Waals surface area contributed by atoms with E-state index < -0.39 is 0 Å². The van der Waals surface area contributed by atoms with Crippen LogP contribution in [0.25, 0.3) is 22.3 Å². The second-order valence-electron chi connectivity index (χ2n) is 8.67. The molecular weight excluding hydrogens is 483 g/mol. The third-order valence-corrected chi connectivity index (χ3v) is 6.23. The Balaban J connectivity index is 0.00000260. The smallest absolute Gasteiger partial charge is 0.131 e. The number of aromatic nitrogens is 1. The average molecular weight is 525 g/mol. The molecule has 4 N–H and O–H groups in total. The quantitative estimate of drug-likeness (QED) is 0.174. The number of rotatable bonds is 11. The molecule has 3 rings (SSSR count). The van der Waals surface area contributed by atoms with Gasteiger partial charge < -0.3 is 16.4 Å². The third-order valence-electron chi connectivity index (χ3n) is 6.23. The first kappa shape index (κ1) is 31.0.